The number of likely N-dealkylation sites (tertiary alicyclic amines) is 1. The third kappa shape index (κ3) is 4.28. The highest BCUT2D eigenvalue weighted by atomic mass is 16.5. The third-order valence-corrected chi connectivity index (χ3v) is 5.99. The fourth-order valence-corrected chi connectivity index (χ4v) is 4.18. The largest absolute Gasteiger partial charge is 0.365 e. The minimum Gasteiger partial charge on any atom is -0.365 e. The van der Waals surface area contributed by atoms with Crippen LogP contribution in [0.4, 0.5) is 0 Å². The first kappa shape index (κ1) is 19.2. The third-order valence-electron chi connectivity index (χ3n) is 5.99. The summed E-state index contributed by atoms with van der Waals surface area (Å²) in [4.78, 5) is 15.4. The van der Waals surface area contributed by atoms with Crippen LogP contribution >= 0.6 is 0 Å². The van der Waals surface area contributed by atoms with Gasteiger partial charge in [0.1, 0.15) is 11.5 Å². The van der Waals surface area contributed by atoms with Gasteiger partial charge in [-0.2, -0.15) is 0 Å². The molecule has 1 aromatic heterocycles. The van der Waals surface area contributed by atoms with Gasteiger partial charge in [0, 0.05) is 31.2 Å². The van der Waals surface area contributed by atoms with E-state index in [1.807, 2.05) is 36.4 Å². The summed E-state index contributed by atoms with van der Waals surface area (Å²) in [5, 5.41) is 7.34. The van der Waals surface area contributed by atoms with Crippen LogP contribution < -0.4 is 5.32 Å². The number of rotatable bonds is 6. The number of hydrogen-bond acceptors (Lipinski definition) is 5. The van der Waals surface area contributed by atoms with Gasteiger partial charge in [0.25, 0.3) is 5.91 Å². The van der Waals surface area contributed by atoms with Gasteiger partial charge in [0.05, 0.1) is 0 Å². The van der Waals surface area contributed by atoms with Crippen LogP contribution in [0.25, 0.3) is 11.3 Å². The number of hydrogen-bond donors (Lipinski definition) is 1. The van der Waals surface area contributed by atoms with E-state index in [1.54, 1.807) is 0 Å². The van der Waals surface area contributed by atoms with E-state index in [2.05, 4.69) is 22.4 Å². The van der Waals surface area contributed by atoms with Crippen molar-refractivity contribution >= 4 is 5.91 Å². The van der Waals surface area contributed by atoms with Crippen LogP contribution in [0, 0.1) is 5.92 Å². The molecule has 4 rings (SSSR count). The van der Waals surface area contributed by atoms with Crippen LogP contribution in [0.15, 0.2) is 40.9 Å². The van der Waals surface area contributed by atoms with E-state index in [4.69, 9.17) is 9.26 Å². The maximum atomic E-state index is 13.0. The molecular formula is C22H29N3O3. The molecule has 150 valence electrons. The van der Waals surface area contributed by atoms with Gasteiger partial charge < -0.3 is 19.5 Å². The number of benzene rings is 1. The lowest BCUT2D eigenvalue weighted by molar-refractivity contribution is -0.142. The molecule has 2 aromatic rings. The van der Waals surface area contributed by atoms with Crippen molar-refractivity contribution in [1.29, 1.82) is 0 Å². The second kappa shape index (κ2) is 8.45. The molecule has 1 aromatic carbocycles. The molecule has 2 aliphatic heterocycles. The number of carbonyl (C=O) groups excluding carboxylic acids is 1. The topological polar surface area (TPSA) is 67.6 Å². The Morgan fingerprint density at radius 2 is 2.07 bits per heavy atom. The fraction of sp³-hybridized carbons (Fsp3) is 0.545. The van der Waals surface area contributed by atoms with E-state index in [-0.39, 0.29) is 5.91 Å². The molecule has 6 heteroatoms. The summed E-state index contributed by atoms with van der Waals surface area (Å²) < 4.78 is 11.5. The van der Waals surface area contributed by atoms with Gasteiger partial charge in [0.15, 0.2) is 5.60 Å². The first-order valence-corrected chi connectivity index (χ1v) is 10.3. The summed E-state index contributed by atoms with van der Waals surface area (Å²) in [7, 11) is 2.15. The minimum atomic E-state index is -0.834. The Balaban J connectivity index is 1.40. The lowest BCUT2D eigenvalue weighted by Crippen LogP contribution is -2.49. The Kier molecular flexibility index (Phi) is 5.78. The predicted octanol–water partition coefficient (Wildman–Crippen LogP) is 2.89. The Labute approximate surface area is 166 Å². The highest BCUT2D eigenvalue weighted by Gasteiger charge is 2.44. The highest BCUT2D eigenvalue weighted by Crippen LogP contribution is 2.31. The van der Waals surface area contributed by atoms with Crippen LogP contribution in [-0.4, -0.2) is 54.9 Å². The Morgan fingerprint density at radius 3 is 2.79 bits per heavy atom. The van der Waals surface area contributed by atoms with Gasteiger partial charge in [-0.05, 0) is 51.7 Å². The molecule has 1 amide bonds. The number of aromatic nitrogens is 1. The first-order valence-electron chi connectivity index (χ1n) is 10.3. The summed E-state index contributed by atoms with van der Waals surface area (Å²) in [6.45, 7) is 3.54. The molecule has 2 fully saturated rings. The van der Waals surface area contributed by atoms with Crippen LogP contribution in [0.5, 0.6) is 0 Å². The van der Waals surface area contributed by atoms with Crippen molar-refractivity contribution < 1.29 is 14.1 Å². The van der Waals surface area contributed by atoms with E-state index in [0.29, 0.717) is 31.1 Å². The molecule has 0 bridgehead atoms. The van der Waals surface area contributed by atoms with Crippen molar-refractivity contribution in [2.45, 2.75) is 37.7 Å². The van der Waals surface area contributed by atoms with Crippen LogP contribution in [0.2, 0.25) is 0 Å². The first-order chi connectivity index (χ1) is 13.6. The molecule has 28 heavy (non-hydrogen) atoms. The second-order valence-electron chi connectivity index (χ2n) is 8.12. The van der Waals surface area contributed by atoms with Crippen molar-refractivity contribution in [1.82, 2.24) is 15.4 Å². The number of nitrogens with zero attached hydrogens (tertiary/aromatic N) is 2. The minimum absolute atomic E-state index is 0.0124. The summed E-state index contributed by atoms with van der Waals surface area (Å²) in [6.07, 6.45) is 4.29. The van der Waals surface area contributed by atoms with E-state index in [9.17, 15) is 4.79 Å². The normalized spacial score (nSPS) is 23.8. The Bertz CT molecular complexity index is 775. The van der Waals surface area contributed by atoms with E-state index in [1.165, 1.54) is 0 Å². The number of amides is 1. The fourth-order valence-electron chi connectivity index (χ4n) is 4.18. The number of ether oxygens (including phenoxy) is 1. The zero-order chi connectivity index (χ0) is 19.4. The lowest BCUT2D eigenvalue weighted by Gasteiger charge is -2.31. The highest BCUT2D eigenvalue weighted by molar-refractivity contribution is 5.85. The van der Waals surface area contributed by atoms with Gasteiger partial charge in [-0.15, -0.1) is 0 Å². The van der Waals surface area contributed by atoms with Gasteiger partial charge in [0.2, 0.25) is 0 Å². The average Bonchev–Trinajstić information content (AvgIpc) is 3.39. The molecule has 1 unspecified atom stereocenters. The molecule has 1 N–H and O–H groups in total. The molecule has 0 aliphatic carbocycles. The Hall–Kier alpha value is -2.18. The van der Waals surface area contributed by atoms with Crippen LogP contribution in [0.1, 0.15) is 31.4 Å². The molecule has 3 heterocycles. The maximum absolute atomic E-state index is 13.0. The maximum Gasteiger partial charge on any atom is 0.252 e. The predicted molar refractivity (Wildman–Crippen MR) is 107 cm³/mol. The molecule has 6 nitrogen and oxygen atoms in total. The number of carbonyl (C=O) groups is 1. The zero-order valence-electron chi connectivity index (χ0n) is 16.5. The van der Waals surface area contributed by atoms with Crippen molar-refractivity contribution in [2.75, 3.05) is 33.3 Å². The molecule has 2 aliphatic rings. The van der Waals surface area contributed by atoms with Gasteiger partial charge >= 0.3 is 0 Å². The molecule has 0 radical (unpaired) electrons. The summed E-state index contributed by atoms with van der Waals surface area (Å²) in [6, 6.07) is 11.8. The standard InChI is InChI=1S/C22H29N3O3/c1-25-11-8-17(9-12-25)16-23-21(26)22(10-5-13-27-22)15-19-14-20(24-28-19)18-6-3-2-4-7-18/h2-4,6-7,14,17H,5,8-13,15-16H2,1H3,(H,23,26). The van der Waals surface area contributed by atoms with Crippen LogP contribution in [0.3, 0.4) is 0 Å². The summed E-state index contributed by atoms with van der Waals surface area (Å²) in [5.41, 5.74) is 0.958. The van der Waals surface area contributed by atoms with Crippen molar-refractivity contribution in [3.8, 4) is 11.3 Å². The van der Waals surface area contributed by atoms with E-state index < -0.39 is 5.60 Å². The number of piperidine rings is 1. The smallest absolute Gasteiger partial charge is 0.252 e. The number of nitrogens with one attached hydrogen (secondary N) is 1. The second-order valence-corrected chi connectivity index (χ2v) is 8.12. The quantitative estimate of drug-likeness (QED) is 0.831. The molecule has 2 saturated heterocycles. The van der Waals surface area contributed by atoms with Gasteiger partial charge in [-0.3, -0.25) is 4.79 Å². The van der Waals surface area contributed by atoms with E-state index in [0.717, 1.165) is 50.2 Å². The monoisotopic (exact) mass is 383 g/mol. The zero-order valence-corrected chi connectivity index (χ0v) is 16.5. The summed E-state index contributed by atoms with van der Waals surface area (Å²) in [5.74, 6) is 1.23. The molecular weight excluding hydrogens is 354 g/mol. The molecule has 0 saturated carbocycles. The Morgan fingerprint density at radius 1 is 1.29 bits per heavy atom. The van der Waals surface area contributed by atoms with Crippen molar-refractivity contribution in [3.63, 3.8) is 0 Å². The molecule has 1 atom stereocenters. The van der Waals surface area contributed by atoms with Gasteiger partial charge in [-0.1, -0.05) is 35.5 Å². The van der Waals surface area contributed by atoms with Gasteiger partial charge in [-0.25, -0.2) is 0 Å². The average molecular weight is 383 g/mol. The van der Waals surface area contributed by atoms with Crippen molar-refractivity contribution in [2.24, 2.45) is 5.92 Å². The van der Waals surface area contributed by atoms with Crippen molar-refractivity contribution in [3.05, 3.63) is 42.2 Å². The lowest BCUT2D eigenvalue weighted by atomic mass is 9.92. The van der Waals surface area contributed by atoms with Crippen LogP contribution in [-0.2, 0) is 16.0 Å². The molecule has 0 spiro atoms. The summed E-state index contributed by atoms with van der Waals surface area (Å²) >= 11 is 0. The SMILES string of the molecule is CN1CCC(CNC(=O)C2(Cc3cc(-c4ccccc4)no3)CCCO2)CC1. The van der Waals surface area contributed by atoms with E-state index >= 15 is 0 Å².